The maximum Gasteiger partial charge on any atom is 0.254 e. The van der Waals surface area contributed by atoms with Crippen LogP contribution in [-0.2, 0) is 6.54 Å². The predicted molar refractivity (Wildman–Crippen MR) is 78.5 cm³/mol. The van der Waals surface area contributed by atoms with E-state index in [0.29, 0.717) is 6.54 Å². The van der Waals surface area contributed by atoms with E-state index in [-0.39, 0.29) is 5.56 Å². The number of aromatic nitrogens is 1. The summed E-state index contributed by atoms with van der Waals surface area (Å²) < 4.78 is 1.85. The Labute approximate surface area is 111 Å². The van der Waals surface area contributed by atoms with Crippen molar-refractivity contribution in [1.29, 1.82) is 0 Å². The van der Waals surface area contributed by atoms with E-state index < -0.39 is 0 Å². The van der Waals surface area contributed by atoms with Gasteiger partial charge in [-0.25, -0.2) is 0 Å². The molecule has 0 fully saturated rings. The van der Waals surface area contributed by atoms with Gasteiger partial charge in [-0.05, 0) is 30.0 Å². The molecule has 0 aliphatic carbocycles. The summed E-state index contributed by atoms with van der Waals surface area (Å²) in [7, 11) is 0. The van der Waals surface area contributed by atoms with Crippen LogP contribution in [0.15, 0.2) is 65.5 Å². The molecule has 0 amide bonds. The molecule has 0 unspecified atom stereocenters. The van der Waals surface area contributed by atoms with E-state index >= 15 is 0 Å². The monoisotopic (exact) mass is 249 g/mol. The van der Waals surface area contributed by atoms with Gasteiger partial charge in [0.15, 0.2) is 0 Å². The fraction of sp³-hybridized carbons (Fsp3) is 0.118. The van der Waals surface area contributed by atoms with Crippen LogP contribution in [0.5, 0.6) is 0 Å². The summed E-state index contributed by atoms with van der Waals surface area (Å²) >= 11 is 0. The van der Waals surface area contributed by atoms with Crippen molar-refractivity contribution in [3.05, 3.63) is 82.1 Å². The molecule has 1 aromatic heterocycles. The van der Waals surface area contributed by atoms with E-state index in [9.17, 15) is 4.79 Å². The molecule has 2 nitrogen and oxygen atoms in total. The van der Waals surface area contributed by atoms with Crippen LogP contribution in [0, 0.1) is 6.92 Å². The van der Waals surface area contributed by atoms with E-state index in [0.717, 1.165) is 22.0 Å². The van der Waals surface area contributed by atoms with Crippen molar-refractivity contribution in [3.63, 3.8) is 0 Å². The fourth-order valence-electron chi connectivity index (χ4n) is 2.40. The van der Waals surface area contributed by atoms with Gasteiger partial charge in [-0.3, -0.25) is 4.79 Å². The first-order valence-corrected chi connectivity index (χ1v) is 6.39. The molecule has 0 radical (unpaired) electrons. The maximum atomic E-state index is 12.4. The van der Waals surface area contributed by atoms with Crippen LogP contribution in [0.25, 0.3) is 10.9 Å². The zero-order valence-electron chi connectivity index (χ0n) is 10.8. The second-order valence-corrected chi connectivity index (χ2v) is 4.76. The molecule has 2 aromatic carbocycles. The van der Waals surface area contributed by atoms with Crippen molar-refractivity contribution in [2.45, 2.75) is 13.5 Å². The fourth-order valence-corrected chi connectivity index (χ4v) is 2.40. The van der Waals surface area contributed by atoms with Gasteiger partial charge in [0.1, 0.15) is 0 Å². The molecule has 0 spiro atoms. The highest BCUT2D eigenvalue weighted by molar-refractivity contribution is 5.79. The molecule has 3 aromatic rings. The molecule has 0 aliphatic heterocycles. The molecule has 94 valence electrons. The highest BCUT2D eigenvalue weighted by Crippen LogP contribution is 2.14. The summed E-state index contributed by atoms with van der Waals surface area (Å²) in [5.41, 5.74) is 3.00. The van der Waals surface area contributed by atoms with Gasteiger partial charge < -0.3 is 4.57 Å². The third kappa shape index (κ3) is 2.17. The van der Waals surface area contributed by atoms with Gasteiger partial charge in [-0.1, -0.05) is 48.5 Å². The SMILES string of the molecule is Cc1cc2ccccc2n(Cc2ccccc2)c1=O. The smallest absolute Gasteiger partial charge is 0.254 e. The minimum atomic E-state index is 0.0857. The van der Waals surface area contributed by atoms with Gasteiger partial charge in [0.2, 0.25) is 0 Å². The van der Waals surface area contributed by atoms with Crippen LogP contribution in [0.4, 0.5) is 0 Å². The predicted octanol–water partition coefficient (Wildman–Crippen LogP) is 3.36. The number of fused-ring (bicyclic) bond motifs is 1. The Balaban J connectivity index is 2.22. The highest BCUT2D eigenvalue weighted by Gasteiger charge is 2.06. The summed E-state index contributed by atoms with van der Waals surface area (Å²) in [6.07, 6.45) is 0. The summed E-state index contributed by atoms with van der Waals surface area (Å²) in [6, 6.07) is 20.0. The van der Waals surface area contributed by atoms with Crippen LogP contribution >= 0.6 is 0 Å². The normalized spacial score (nSPS) is 10.8. The van der Waals surface area contributed by atoms with Gasteiger partial charge in [0, 0.05) is 5.56 Å². The Morgan fingerprint density at radius 3 is 2.42 bits per heavy atom. The molecule has 0 N–H and O–H groups in total. The molecule has 0 bridgehead atoms. The molecule has 3 rings (SSSR count). The number of rotatable bonds is 2. The average Bonchev–Trinajstić information content (AvgIpc) is 2.45. The third-order valence-electron chi connectivity index (χ3n) is 3.37. The zero-order valence-corrected chi connectivity index (χ0v) is 10.8. The summed E-state index contributed by atoms with van der Waals surface area (Å²) in [4.78, 5) is 12.4. The minimum absolute atomic E-state index is 0.0857. The van der Waals surface area contributed by atoms with Gasteiger partial charge in [-0.2, -0.15) is 0 Å². The van der Waals surface area contributed by atoms with E-state index in [1.54, 1.807) is 0 Å². The van der Waals surface area contributed by atoms with Gasteiger partial charge in [-0.15, -0.1) is 0 Å². The quantitative estimate of drug-likeness (QED) is 0.682. The number of benzene rings is 2. The number of pyridine rings is 1. The lowest BCUT2D eigenvalue weighted by atomic mass is 10.1. The molecule has 0 saturated carbocycles. The van der Waals surface area contributed by atoms with Crippen LogP contribution in [0.2, 0.25) is 0 Å². The standard InChI is InChI=1S/C17H15NO/c1-13-11-15-9-5-6-10-16(15)18(17(13)19)12-14-7-3-2-4-8-14/h2-11H,12H2,1H3. The minimum Gasteiger partial charge on any atom is -0.304 e. The second-order valence-electron chi connectivity index (χ2n) is 4.76. The van der Waals surface area contributed by atoms with E-state index in [1.807, 2.05) is 72.2 Å². The highest BCUT2D eigenvalue weighted by atomic mass is 16.1. The lowest BCUT2D eigenvalue weighted by molar-refractivity contribution is 0.787. The average molecular weight is 249 g/mol. The Morgan fingerprint density at radius 1 is 0.947 bits per heavy atom. The lowest BCUT2D eigenvalue weighted by Gasteiger charge is -2.11. The van der Waals surface area contributed by atoms with Gasteiger partial charge in [0.25, 0.3) is 5.56 Å². The molecule has 0 aliphatic rings. The largest absolute Gasteiger partial charge is 0.304 e. The van der Waals surface area contributed by atoms with Crippen molar-refractivity contribution >= 4 is 10.9 Å². The maximum absolute atomic E-state index is 12.4. The number of hydrogen-bond donors (Lipinski definition) is 0. The first-order valence-electron chi connectivity index (χ1n) is 6.39. The summed E-state index contributed by atoms with van der Waals surface area (Å²) in [5, 5.41) is 1.11. The van der Waals surface area contributed by atoms with Crippen LogP contribution in [0.3, 0.4) is 0 Å². The van der Waals surface area contributed by atoms with Gasteiger partial charge >= 0.3 is 0 Å². The molecule has 0 atom stereocenters. The number of hydrogen-bond acceptors (Lipinski definition) is 1. The zero-order chi connectivity index (χ0) is 13.2. The van der Waals surface area contributed by atoms with Crippen molar-refractivity contribution in [2.24, 2.45) is 0 Å². The van der Waals surface area contributed by atoms with E-state index in [1.165, 1.54) is 0 Å². The van der Waals surface area contributed by atoms with E-state index in [4.69, 9.17) is 0 Å². The first kappa shape index (κ1) is 11.7. The Bertz CT molecular complexity index is 772. The summed E-state index contributed by atoms with van der Waals surface area (Å²) in [6.45, 7) is 2.48. The van der Waals surface area contributed by atoms with Crippen LogP contribution in [-0.4, -0.2) is 4.57 Å². The number of para-hydroxylation sites is 1. The topological polar surface area (TPSA) is 22.0 Å². The number of nitrogens with zero attached hydrogens (tertiary/aromatic N) is 1. The molecule has 0 saturated heterocycles. The van der Waals surface area contributed by atoms with Crippen molar-refractivity contribution in [3.8, 4) is 0 Å². The Kier molecular flexibility index (Phi) is 2.92. The van der Waals surface area contributed by atoms with Crippen molar-refractivity contribution < 1.29 is 0 Å². The third-order valence-corrected chi connectivity index (χ3v) is 3.37. The molecule has 2 heteroatoms. The second kappa shape index (κ2) is 4.73. The summed E-state index contributed by atoms with van der Waals surface area (Å²) in [5.74, 6) is 0. The lowest BCUT2D eigenvalue weighted by Crippen LogP contribution is -2.23. The first-order chi connectivity index (χ1) is 9.25. The molecular weight excluding hydrogens is 234 g/mol. The Hall–Kier alpha value is -2.35. The van der Waals surface area contributed by atoms with Crippen molar-refractivity contribution in [1.82, 2.24) is 4.57 Å². The van der Waals surface area contributed by atoms with Crippen LogP contribution in [0.1, 0.15) is 11.1 Å². The van der Waals surface area contributed by atoms with E-state index in [2.05, 4.69) is 0 Å². The molecule has 1 heterocycles. The van der Waals surface area contributed by atoms with Crippen LogP contribution < -0.4 is 5.56 Å². The number of aryl methyl sites for hydroxylation is 1. The molecular formula is C17H15NO. The molecule has 19 heavy (non-hydrogen) atoms. The van der Waals surface area contributed by atoms with Gasteiger partial charge in [0.05, 0.1) is 12.1 Å². The van der Waals surface area contributed by atoms with Crippen molar-refractivity contribution in [2.75, 3.05) is 0 Å². The Morgan fingerprint density at radius 2 is 1.63 bits per heavy atom.